The molecule has 0 aliphatic carbocycles. The number of aromatic amines is 1. The molecule has 0 unspecified atom stereocenters. The number of benzene rings is 1. The molecule has 0 radical (unpaired) electrons. The molecule has 1 aliphatic rings. The van der Waals surface area contributed by atoms with Gasteiger partial charge in [0.05, 0.1) is 25.3 Å². The maximum absolute atomic E-state index is 13.2. The van der Waals surface area contributed by atoms with E-state index in [-0.39, 0.29) is 42.9 Å². The first kappa shape index (κ1) is 25.4. The molecule has 184 valence electrons. The summed E-state index contributed by atoms with van der Waals surface area (Å²) in [5, 5.41) is 3.46. The summed E-state index contributed by atoms with van der Waals surface area (Å²) in [6.07, 6.45) is 0.949. The second-order valence-electron chi connectivity index (χ2n) is 9.21. The Morgan fingerprint density at radius 3 is 2.65 bits per heavy atom. The van der Waals surface area contributed by atoms with Crippen LogP contribution in [0.4, 0.5) is 4.39 Å². The van der Waals surface area contributed by atoms with Gasteiger partial charge in [-0.2, -0.15) is 0 Å². The van der Waals surface area contributed by atoms with E-state index in [9.17, 15) is 23.6 Å². The van der Waals surface area contributed by atoms with Crippen LogP contribution >= 0.6 is 0 Å². The number of carbonyl (C=O) groups excluding carboxylic acids is 4. The lowest BCUT2D eigenvalue weighted by atomic mass is 9.88. The zero-order valence-corrected chi connectivity index (χ0v) is 19.9. The van der Waals surface area contributed by atoms with E-state index in [4.69, 9.17) is 4.74 Å². The summed E-state index contributed by atoms with van der Waals surface area (Å²) >= 11 is 0. The van der Waals surface area contributed by atoms with Crippen LogP contribution in [0.2, 0.25) is 0 Å². The Labute approximate surface area is 198 Å². The van der Waals surface area contributed by atoms with Gasteiger partial charge in [0.25, 0.3) is 5.91 Å². The van der Waals surface area contributed by atoms with Gasteiger partial charge >= 0.3 is 0 Å². The normalized spacial score (nSPS) is 16.5. The summed E-state index contributed by atoms with van der Waals surface area (Å²) in [7, 11) is 1.56. The molecular weight excluding hydrogens is 441 g/mol. The molecule has 2 heterocycles. The monoisotopic (exact) mass is 473 g/mol. The van der Waals surface area contributed by atoms with E-state index in [1.165, 1.54) is 0 Å². The smallest absolute Gasteiger partial charge is 0.254 e. The first-order chi connectivity index (χ1) is 16.2. The minimum Gasteiger partial charge on any atom is -0.496 e. The molecule has 2 aromatic rings. The Morgan fingerprint density at radius 1 is 1.26 bits per heavy atom. The summed E-state index contributed by atoms with van der Waals surface area (Å²) in [4.78, 5) is 54.6. The number of ether oxygens (including phenoxy) is 1. The lowest BCUT2D eigenvalue weighted by molar-refractivity contribution is -0.138. The van der Waals surface area contributed by atoms with Gasteiger partial charge in [0.2, 0.25) is 5.91 Å². The number of hydrogen-bond donors (Lipinski definition) is 2. The van der Waals surface area contributed by atoms with Crippen molar-refractivity contribution in [3.8, 4) is 5.75 Å². The Kier molecular flexibility index (Phi) is 8.41. The SMILES string of the molecule is COc1cccc2[nH]c(C(=O)C[C@@H](CC(C)C)C(=O)CN(C[C@@H]3CCNC3=O)C(=O)CF)cc12. The fraction of sp³-hybridized carbons (Fsp3) is 0.520. The predicted molar refractivity (Wildman–Crippen MR) is 125 cm³/mol. The number of ketones is 2. The Hall–Kier alpha value is -3.23. The Balaban J connectivity index is 1.75. The molecule has 2 amide bonds. The van der Waals surface area contributed by atoms with Crippen LogP contribution in [-0.4, -0.2) is 66.7 Å². The molecule has 1 saturated heterocycles. The standard InChI is InChI=1S/C25H32FN3O5/c1-15(2)9-17(10-21(30)20-11-18-19(28-20)5-4-6-23(18)34-3)22(31)14-29(24(32)12-26)13-16-7-8-27-25(16)33/h4-6,11,15-17,28H,7-10,12-14H2,1-3H3,(H,27,33)/t16-,17+/m0/s1. The number of H-pyrrole nitrogens is 1. The number of nitrogens with zero attached hydrogens (tertiary/aromatic N) is 1. The average molecular weight is 474 g/mol. The fourth-order valence-corrected chi connectivity index (χ4v) is 4.43. The van der Waals surface area contributed by atoms with Crippen molar-refractivity contribution in [3.63, 3.8) is 0 Å². The molecule has 0 saturated carbocycles. The van der Waals surface area contributed by atoms with Crippen LogP contribution in [0, 0.1) is 17.8 Å². The summed E-state index contributed by atoms with van der Waals surface area (Å²) < 4.78 is 18.5. The molecule has 0 bridgehead atoms. The number of aromatic nitrogens is 1. The number of amides is 2. The first-order valence-corrected chi connectivity index (χ1v) is 11.6. The number of carbonyl (C=O) groups is 4. The van der Waals surface area contributed by atoms with Crippen molar-refractivity contribution in [2.45, 2.75) is 33.1 Å². The van der Waals surface area contributed by atoms with E-state index in [0.29, 0.717) is 30.8 Å². The average Bonchev–Trinajstić information content (AvgIpc) is 3.43. The number of methoxy groups -OCH3 is 1. The van der Waals surface area contributed by atoms with Crippen molar-refractivity contribution in [2.24, 2.45) is 17.8 Å². The van der Waals surface area contributed by atoms with E-state index in [1.807, 2.05) is 26.0 Å². The van der Waals surface area contributed by atoms with Gasteiger partial charge in [-0.3, -0.25) is 19.2 Å². The van der Waals surface area contributed by atoms with E-state index in [2.05, 4.69) is 10.3 Å². The highest BCUT2D eigenvalue weighted by molar-refractivity contribution is 6.02. The number of halogens is 1. The molecule has 1 fully saturated rings. The number of Topliss-reactive ketones (excluding diaryl/α,β-unsaturated/α-hetero) is 2. The fourth-order valence-electron chi connectivity index (χ4n) is 4.43. The van der Waals surface area contributed by atoms with Crippen LogP contribution in [0.3, 0.4) is 0 Å². The largest absolute Gasteiger partial charge is 0.496 e. The van der Waals surface area contributed by atoms with Crippen LogP contribution in [0.1, 0.15) is 43.6 Å². The molecule has 2 atom stereocenters. The lowest BCUT2D eigenvalue weighted by Crippen LogP contribution is -2.43. The maximum Gasteiger partial charge on any atom is 0.254 e. The number of hydrogen-bond acceptors (Lipinski definition) is 5. The summed E-state index contributed by atoms with van der Waals surface area (Å²) in [6.45, 7) is 2.82. The van der Waals surface area contributed by atoms with Crippen molar-refractivity contribution < 1.29 is 28.3 Å². The van der Waals surface area contributed by atoms with Crippen molar-refractivity contribution in [3.05, 3.63) is 30.0 Å². The summed E-state index contributed by atoms with van der Waals surface area (Å²) in [5.41, 5.74) is 1.13. The summed E-state index contributed by atoms with van der Waals surface area (Å²) in [5.74, 6) is -1.89. The zero-order valence-electron chi connectivity index (χ0n) is 19.9. The third kappa shape index (κ3) is 6.01. The van der Waals surface area contributed by atoms with Gasteiger partial charge in [-0.05, 0) is 37.0 Å². The molecule has 2 N–H and O–H groups in total. The van der Waals surface area contributed by atoms with Crippen LogP contribution in [-0.2, 0) is 14.4 Å². The van der Waals surface area contributed by atoms with Crippen LogP contribution in [0.25, 0.3) is 10.9 Å². The molecule has 8 nitrogen and oxygen atoms in total. The van der Waals surface area contributed by atoms with E-state index in [0.717, 1.165) is 15.8 Å². The second kappa shape index (κ2) is 11.3. The lowest BCUT2D eigenvalue weighted by Gasteiger charge is -2.26. The van der Waals surface area contributed by atoms with Gasteiger partial charge < -0.3 is 19.9 Å². The minimum atomic E-state index is -1.24. The van der Waals surface area contributed by atoms with Gasteiger partial charge in [0.15, 0.2) is 18.2 Å². The number of fused-ring (bicyclic) bond motifs is 1. The van der Waals surface area contributed by atoms with Crippen molar-refractivity contribution in [1.29, 1.82) is 0 Å². The van der Waals surface area contributed by atoms with Crippen molar-refractivity contribution in [2.75, 3.05) is 33.4 Å². The van der Waals surface area contributed by atoms with Crippen LogP contribution in [0.5, 0.6) is 5.75 Å². The zero-order chi connectivity index (χ0) is 24.8. The topological polar surface area (TPSA) is 109 Å². The van der Waals surface area contributed by atoms with Crippen LogP contribution < -0.4 is 10.1 Å². The molecule has 9 heteroatoms. The van der Waals surface area contributed by atoms with Gasteiger partial charge in [-0.25, -0.2) is 4.39 Å². The van der Waals surface area contributed by atoms with Gasteiger partial charge in [0, 0.05) is 36.3 Å². The third-order valence-corrected chi connectivity index (χ3v) is 6.20. The number of rotatable bonds is 12. The quantitative estimate of drug-likeness (QED) is 0.461. The van der Waals surface area contributed by atoms with E-state index >= 15 is 0 Å². The predicted octanol–water partition coefficient (Wildman–Crippen LogP) is 2.91. The van der Waals surface area contributed by atoms with E-state index in [1.54, 1.807) is 19.2 Å². The number of alkyl halides is 1. The van der Waals surface area contributed by atoms with Crippen molar-refractivity contribution >= 4 is 34.3 Å². The molecule has 0 spiro atoms. The Bertz CT molecular complexity index is 1060. The molecule has 1 aliphatic heterocycles. The molecule has 1 aromatic heterocycles. The second-order valence-corrected chi connectivity index (χ2v) is 9.21. The molecule has 3 rings (SSSR count). The van der Waals surface area contributed by atoms with E-state index < -0.39 is 24.4 Å². The van der Waals surface area contributed by atoms with Gasteiger partial charge in [-0.15, -0.1) is 0 Å². The highest BCUT2D eigenvalue weighted by atomic mass is 19.1. The van der Waals surface area contributed by atoms with Gasteiger partial charge in [0.1, 0.15) is 5.75 Å². The molecule has 1 aromatic carbocycles. The highest BCUT2D eigenvalue weighted by Crippen LogP contribution is 2.28. The molecular formula is C25H32FN3O5. The highest BCUT2D eigenvalue weighted by Gasteiger charge is 2.32. The number of nitrogens with one attached hydrogen (secondary N) is 2. The minimum absolute atomic E-state index is 0.00944. The molecule has 34 heavy (non-hydrogen) atoms. The van der Waals surface area contributed by atoms with Gasteiger partial charge in [-0.1, -0.05) is 19.9 Å². The third-order valence-electron chi connectivity index (χ3n) is 6.20. The Morgan fingerprint density at radius 2 is 2.03 bits per heavy atom. The maximum atomic E-state index is 13.2. The summed E-state index contributed by atoms with van der Waals surface area (Å²) in [6, 6.07) is 7.17. The first-order valence-electron chi connectivity index (χ1n) is 11.6. The van der Waals surface area contributed by atoms with Crippen molar-refractivity contribution in [1.82, 2.24) is 15.2 Å². The van der Waals surface area contributed by atoms with Crippen LogP contribution in [0.15, 0.2) is 24.3 Å².